The smallest absolute Gasteiger partial charge is 0.335 e. The Morgan fingerprint density at radius 2 is 1.80 bits per heavy atom. The molecule has 0 spiro atoms. The third-order valence-electron chi connectivity index (χ3n) is 4.81. The normalized spacial score (nSPS) is 15.7. The molecule has 0 bridgehead atoms. The molecule has 30 heavy (non-hydrogen) atoms. The average molecular weight is 471 g/mol. The van der Waals surface area contributed by atoms with Crippen LogP contribution in [0.1, 0.15) is 43.4 Å². The zero-order valence-electron chi connectivity index (χ0n) is 17.3. The monoisotopic (exact) mass is 470 g/mol. The van der Waals surface area contributed by atoms with Crippen molar-refractivity contribution < 1.29 is 19.1 Å². The molecule has 2 aromatic rings. The van der Waals surface area contributed by atoms with E-state index in [1.54, 1.807) is 24.3 Å². The fourth-order valence-electron chi connectivity index (χ4n) is 3.24. The van der Waals surface area contributed by atoms with E-state index in [0.29, 0.717) is 12.3 Å². The Balaban J connectivity index is 2.06. The summed E-state index contributed by atoms with van der Waals surface area (Å²) in [7, 11) is 0. The standard InChI is InChI=1S/C23H23BrN2O4/c1-5-30-20-10-14(4)15(11-18(20)13(2)3)12-19-21(27)25-23(29)26(22(19)28)17-8-6-16(24)7-9-17/h6-13H,5H2,1-4H3,(H,25,27,29)/b19-12+. The highest BCUT2D eigenvalue weighted by molar-refractivity contribution is 9.10. The van der Waals surface area contributed by atoms with Crippen molar-refractivity contribution in [2.75, 3.05) is 11.5 Å². The van der Waals surface area contributed by atoms with Gasteiger partial charge in [0.05, 0.1) is 12.3 Å². The third-order valence-corrected chi connectivity index (χ3v) is 5.34. The van der Waals surface area contributed by atoms with Gasteiger partial charge in [-0.05, 0) is 78.9 Å². The Morgan fingerprint density at radius 3 is 2.40 bits per heavy atom. The lowest BCUT2D eigenvalue weighted by molar-refractivity contribution is -0.122. The molecule has 3 rings (SSSR count). The summed E-state index contributed by atoms with van der Waals surface area (Å²) in [6.07, 6.45) is 1.53. The molecule has 1 aliphatic rings. The summed E-state index contributed by atoms with van der Waals surface area (Å²) in [6, 6.07) is 9.79. The van der Waals surface area contributed by atoms with Crippen LogP contribution in [0.3, 0.4) is 0 Å². The van der Waals surface area contributed by atoms with Gasteiger partial charge in [0, 0.05) is 4.47 Å². The summed E-state index contributed by atoms with van der Waals surface area (Å²) < 4.78 is 6.56. The first-order valence-corrected chi connectivity index (χ1v) is 10.5. The lowest BCUT2D eigenvalue weighted by atomic mass is 9.95. The number of hydrogen-bond acceptors (Lipinski definition) is 4. The molecule has 2 aromatic carbocycles. The molecular formula is C23H23BrN2O4. The van der Waals surface area contributed by atoms with Gasteiger partial charge in [-0.1, -0.05) is 29.8 Å². The minimum atomic E-state index is -0.768. The molecule has 156 valence electrons. The van der Waals surface area contributed by atoms with Gasteiger partial charge >= 0.3 is 6.03 Å². The van der Waals surface area contributed by atoms with E-state index in [4.69, 9.17) is 4.74 Å². The number of aryl methyl sites for hydroxylation is 1. The van der Waals surface area contributed by atoms with E-state index in [1.165, 1.54) is 6.08 Å². The van der Waals surface area contributed by atoms with E-state index in [-0.39, 0.29) is 11.5 Å². The molecule has 1 N–H and O–H groups in total. The van der Waals surface area contributed by atoms with E-state index in [9.17, 15) is 14.4 Å². The van der Waals surface area contributed by atoms with Gasteiger partial charge in [0.15, 0.2) is 0 Å². The van der Waals surface area contributed by atoms with Crippen LogP contribution in [0.25, 0.3) is 6.08 Å². The number of benzene rings is 2. The molecule has 7 heteroatoms. The minimum absolute atomic E-state index is 0.0977. The van der Waals surface area contributed by atoms with Crippen molar-refractivity contribution in [3.8, 4) is 5.75 Å². The van der Waals surface area contributed by atoms with Crippen LogP contribution in [-0.4, -0.2) is 24.5 Å². The molecule has 0 saturated carbocycles. The summed E-state index contributed by atoms with van der Waals surface area (Å²) in [5, 5.41) is 2.25. The maximum atomic E-state index is 13.1. The molecule has 0 aromatic heterocycles. The zero-order chi connectivity index (χ0) is 22.0. The zero-order valence-corrected chi connectivity index (χ0v) is 18.9. The van der Waals surface area contributed by atoms with Crippen molar-refractivity contribution in [3.63, 3.8) is 0 Å². The van der Waals surface area contributed by atoms with Crippen LogP contribution in [0.4, 0.5) is 10.5 Å². The molecule has 0 radical (unpaired) electrons. The second kappa shape index (κ2) is 8.83. The Hall–Kier alpha value is -2.93. The predicted octanol–water partition coefficient (Wildman–Crippen LogP) is 4.95. The van der Waals surface area contributed by atoms with Crippen molar-refractivity contribution in [1.29, 1.82) is 0 Å². The summed E-state index contributed by atoms with van der Waals surface area (Å²) in [6.45, 7) is 8.47. The van der Waals surface area contributed by atoms with Crippen molar-refractivity contribution >= 4 is 45.5 Å². The maximum absolute atomic E-state index is 13.1. The number of anilines is 1. The molecule has 1 saturated heterocycles. The van der Waals surface area contributed by atoms with Gasteiger partial charge in [-0.25, -0.2) is 9.69 Å². The maximum Gasteiger partial charge on any atom is 0.335 e. The Labute approximate surface area is 184 Å². The van der Waals surface area contributed by atoms with Gasteiger partial charge in [-0.3, -0.25) is 14.9 Å². The average Bonchev–Trinajstić information content (AvgIpc) is 2.67. The Kier molecular flexibility index (Phi) is 6.41. The van der Waals surface area contributed by atoms with Gasteiger partial charge in [0.25, 0.3) is 11.8 Å². The van der Waals surface area contributed by atoms with Crippen molar-refractivity contribution in [2.24, 2.45) is 0 Å². The first-order valence-electron chi connectivity index (χ1n) is 9.67. The van der Waals surface area contributed by atoms with Crippen molar-refractivity contribution in [2.45, 2.75) is 33.6 Å². The second-order valence-corrected chi connectivity index (χ2v) is 8.18. The fourth-order valence-corrected chi connectivity index (χ4v) is 3.50. The van der Waals surface area contributed by atoms with E-state index in [2.05, 4.69) is 35.1 Å². The van der Waals surface area contributed by atoms with Crippen LogP contribution in [-0.2, 0) is 9.59 Å². The van der Waals surface area contributed by atoms with Gasteiger partial charge in [0.1, 0.15) is 11.3 Å². The first-order chi connectivity index (χ1) is 14.2. The number of carbonyl (C=O) groups is 3. The van der Waals surface area contributed by atoms with Crippen LogP contribution in [0, 0.1) is 6.92 Å². The van der Waals surface area contributed by atoms with Crippen LogP contribution < -0.4 is 15.0 Å². The van der Waals surface area contributed by atoms with Crippen LogP contribution in [0.15, 0.2) is 46.4 Å². The number of hydrogen-bond donors (Lipinski definition) is 1. The van der Waals surface area contributed by atoms with Crippen LogP contribution in [0.5, 0.6) is 5.75 Å². The van der Waals surface area contributed by atoms with Gasteiger partial charge in [-0.15, -0.1) is 0 Å². The topological polar surface area (TPSA) is 75.7 Å². The lowest BCUT2D eigenvalue weighted by Gasteiger charge is -2.26. The molecular weight excluding hydrogens is 448 g/mol. The highest BCUT2D eigenvalue weighted by Gasteiger charge is 2.36. The van der Waals surface area contributed by atoms with E-state index in [0.717, 1.165) is 31.8 Å². The number of amides is 4. The molecule has 0 aliphatic carbocycles. The number of carbonyl (C=O) groups excluding carboxylic acids is 3. The minimum Gasteiger partial charge on any atom is -0.494 e. The van der Waals surface area contributed by atoms with Gasteiger partial charge in [0.2, 0.25) is 0 Å². The van der Waals surface area contributed by atoms with E-state index in [1.807, 2.05) is 26.0 Å². The fraction of sp³-hybridized carbons (Fsp3) is 0.261. The molecule has 1 fully saturated rings. The molecule has 0 unspecified atom stereocenters. The number of halogens is 1. The highest BCUT2D eigenvalue weighted by atomic mass is 79.9. The number of nitrogens with one attached hydrogen (secondary N) is 1. The summed E-state index contributed by atoms with van der Waals surface area (Å²) in [5.41, 5.74) is 2.86. The molecule has 6 nitrogen and oxygen atoms in total. The van der Waals surface area contributed by atoms with Crippen molar-refractivity contribution in [1.82, 2.24) is 5.32 Å². The van der Waals surface area contributed by atoms with E-state index >= 15 is 0 Å². The van der Waals surface area contributed by atoms with E-state index < -0.39 is 17.8 Å². The molecule has 0 atom stereocenters. The number of imide groups is 2. The molecule has 1 aliphatic heterocycles. The number of ether oxygens (including phenoxy) is 1. The second-order valence-electron chi connectivity index (χ2n) is 7.27. The number of barbiturate groups is 1. The third kappa shape index (κ3) is 4.31. The van der Waals surface area contributed by atoms with Gasteiger partial charge < -0.3 is 4.74 Å². The summed E-state index contributed by atoms with van der Waals surface area (Å²) >= 11 is 3.33. The quantitative estimate of drug-likeness (QED) is 0.495. The molecule has 1 heterocycles. The van der Waals surface area contributed by atoms with Crippen LogP contribution >= 0.6 is 15.9 Å². The van der Waals surface area contributed by atoms with Crippen LogP contribution in [0.2, 0.25) is 0 Å². The SMILES string of the molecule is CCOc1cc(C)c(/C=C2\C(=O)NC(=O)N(c3ccc(Br)cc3)C2=O)cc1C(C)C. The highest BCUT2D eigenvalue weighted by Crippen LogP contribution is 2.32. The summed E-state index contributed by atoms with van der Waals surface area (Å²) in [5.74, 6) is -0.387. The number of urea groups is 1. The lowest BCUT2D eigenvalue weighted by Crippen LogP contribution is -2.54. The predicted molar refractivity (Wildman–Crippen MR) is 120 cm³/mol. The largest absolute Gasteiger partial charge is 0.494 e. The Morgan fingerprint density at radius 1 is 1.13 bits per heavy atom. The van der Waals surface area contributed by atoms with Gasteiger partial charge in [-0.2, -0.15) is 0 Å². The first kappa shape index (κ1) is 21.8. The number of nitrogens with zero attached hydrogens (tertiary/aromatic N) is 1. The molecule has 4 amide bonds. The van der Waals surface area contributed by atoms with Crippen molar-refractivity contribution in [3.05, 3.63) is 63.1 Å². The Bertz CT molecular complexity index is 1040. The number of rotatable bonds is 5. The summed E-state index contributed by atoms with van der Waals surface area (Å²) in [4.78, 5) is 38.9.